The van der Waals surface area contributed by atoms with E-state index in [2.05, 4.69) is 10.0 Å². The Labute approximate surface area is 162 Å². The van der Waals surface area contributed by atoms with Gasteiger partial charge >= 0.3 is 0 Å². The van der Waals surface area contributed by atoms with Crippen molar-refractivity contribution in [1.82, 2.24) is 14.3 Å². The first kappa shape index (κ1) is 19.3. The van der Waals surface area contributed by atoms with Gasteiger partial charge in [-0.1, -0.05) is 30.3 Å². The van der Waals surface area contributed by atoms with Gasteiger partial charge in [0, 0.05) is 26.2 Å². The molecule has 0 amide bonds. The van der Waals surface area contributed by atoms with Crippen molar-refractivity contribution in [2.75, 3.05) is 26.7 Å². The van der Waals surface area contributed by atoms with Gasteiger partial charge in [0.2, 0.25) is 0 Å². The summed E-state index contributed by atoms with van der Waals surface area (Å²) in [7, 11) is -1.92. The Kier molecular flexibility index (Phi) is 5.85. The molecule has 4 rings (SSSR count). The number of hydrogen-bond donors (Lipinski definition) is 2. The second kappa shape index (κ2) is 8.17. The molecule has 3 fully saturated rings. The van der Waals surface area contributed by atoms with Gasteiger partial charge in [0.1, 0.15) is 0 Å². The molecule has 0 spiro atoms. The lowest BCUT2D eigenvalue weighted by molar-refractivity contribution is -0.0173. The van der Waals surface area contributed by atoms with Gasteiger partial charge in [-0.15, -0.1) is 0 Å². The number of ether oxygens (including phenoxy) is 1. The Morgan fingerprint density at radius 2 is 1.85 bits per heavy atom. The predicted octanol–water partition coefficient (Wildman–Crippen LogP) is 1.75. The number of benzene rings is 1. The largest absolute Gasteiger partial charge is 0.376 e. The molecule has 1 aromatic carbocycles. The number of nitrogens with one attached hydrogen (secondary N) is 2. The molecule has 3 aliphatic rings. The molecular formula is C20H31N3O3S. The van der Waals surface area contributed by atoms with E-state index in [9.17, 15) is 8.42 Å². The molecule has 1 saturated heterocycles. The normalized spacial score (nSPS) is 31.2. The average molecular weight is 394 g/mol. The Hall–Kier alpha value is -0.990. The molecule has 2 N–H and O–H groups in total. The second-order valence-corrected chi connectivity index (χ2v) is 10.2. The fraction of sp³-hybridized carbons (Fsp3) is 0.700. The zero-order valence-corrected chi connectivity index (χ0v) is 16.8. The van der Waals surface area contributed by atoms with Crippen molar-refractivity contribution in [2.24, 2.45) is 17.8 Å². The molecular weight excluding hydrogens is 362 g/mol. The zero-order valence-electron chi connectivity index (χ0n) is 16.0. The van der Waals surface area contributed by atoms with E-state index in [4.69, 9.17) is 4.74 Å². The molecule has 2 aliphatic carbocycles. The predicted molar refractivity (Wildman–Crippen MR) is 105 cm³/mol. The van der Waals surface area contributed by atoms with Crippen molar-refractivity contribution in [3.8, 4) is 0 Å². The minimum Gasteiger partial charge on any atom is -0.376 e. The Bertz CT molecular complexity index is 723. The lowest BCUT2D eigenvalue weighted by Crippen LogP contribution is -2.53. The molecule has 1 heterocycles. The molecule has 0 bridgehead atoms. The van der Waals surface area contributed by atoms with Gasteiger partial charge in [0.05, 0.1) is 6.10 Å². The Morgan fingerprint density at radius 3 is 2.56 bits per heavy atom. The topological polar surface area (TPSA) is 70.7 Å². The van der Waals surface area contributed by atoms with Crippen molar-refractivity contribution in [1.29, 1.82) is 0 Å². The van der Waals surface area contributed by atoms with E-state index in [1.807, 2.05) is 30.3 Å². The van der Waals surface area contributed by atoms with Crippen LogP contribution >= 0.6 is 0 Å². The SMILES string of the molecule is CN(Cc1ccccc1)S(=O)(=O)N[C@H]1C[C@H]2CNC[C@H]2C[C@@H]1OCC1CC1. The van der Waals surface area contributed by atoms with Crippen LogP contribution in [0.3, 0.4) is 0 Å². The maximum Gasteiger partial charge on any atom is 0.279 e. The van der Waals surface area contributed by atoms with Crippen LogP contribution in [0.1, 0.15) is 31.2 Å². The fourth-order valence-electron chi connectivity index (χ4n) is 4.34. The van der Waals surface area contributed by atoms with E-state index in [0.29, 0.717) is 24.3 Å². The monoisotopic (exact) mass is 393 g/mol. The van der Waals surface area contributed by atoms with E-state index in [1.165, 1.54) is 17.1 Å². The smallest absolute Gasteiger partial charge is 0.279 e. The van der Waals surface area contributed by atoms with Gasteiger partial charge in [-0.3, -0.25) is 0 Å². The summed E-state index contributed by atoms with van der Waals surface area (Å²) in [5.74, 6) is 1.83. The minimum atomic E-state index is -3.56. The van der Waals surface area contributed by atoms with Gasteiger partial charge in [-0.25, -0.2) is 0 Å². The van der Waals surface area contributed by atoms with Crippen LogP contribution in [0.5, 0.6) is 0 Å². The summed E-state index contributed by atoms with van der Waals surface area (Å²) >= 11 is 0. The first-order valence-corrected chi connectivity index (χ1v) is 11.5. The van der Waals surface area contributed by atoms with Crippen molar-refractivity contribution in [3.63, 3.8) is 0 Å². The van der Waals surface area contributed by atoms with E-state index < -0.39 is 10.2 Å². The lowest BCUT2D eigenvalue weighted by Gasteiger charge is -2.38. The van der Waals surface area contributed by atoms with E-state index in [0.717, 1.165) is 38.1 Å². The molecule has 0 radical (unpaired) electrons. The highest BCUT2D eigenvalue weighted by Crippen LogP contribution is 2.36. The summed E-state index contributed by atoms with van der Waals surface area (Å²) in [5.41, 5.74) is 0.982. The fourth-order valence-corrected chi connectivity index (χ4v) is 5.47. The maximum atomic E-state index is 12.9. The quantitative estimate of drug-likeness (QED) is 0.706. The number of hydrogen-bond acceptors (Lipinski definition) is 4. The molecule has 4 atom stereocenters. The van der Waals surface area contributed by atoms with Crippen LogP contribution in [-0.4, -0.2) is 51.6 Å². The molecule has 2 saturated carbocycles. The summed E-state index contributed by atoms with van der Waals surface area (Å²) < 4.78 is 36.4. The lowest BCUT2D eigenvalue weighted by atomic mass is 9.77. The van der Waals surface area contributed by atoms with Gasteiger partial charge < -0.3 is 10.1 Å². The van der Waals surface area contributed by atoms with E-state index in [1.54, 1.807) is 7.05 Å². The highest BCUT2D eigenvalue weighted by molar-refractivity contribution is 7.87. The van der Waals surface area contributed by atoms with Crippen LogP contribution in [-0.2, 0) is 21.5 Å². The number of nitrogens with zero attached hydrogens (tertiary/aromatic N) is 1. The second-order valence-electron chi connectivity index (χ2n) is 8.44. The third-order valence-corrected chi connectivity index (χ3v) is 7.77. The van der Waals surface area contributed by atoms with Crippen LogP contribution in [0.4, 0.5) is 0 Å². The molecule has 6 nitrogen and oxygen atoms in total. The van der Waals surface area contributed by atoms with Crippen LogP contribution < -0.4 is 10.0 Å². The zero-order chi connectivity index (χ0) is 18.9. The van der Waals surface area contributed by atoms with Crippen LogP contribution in [0.2, 0.25) is 0 Å². The molecule has 0 aromatic heterocycles. The van der Waals surface area contributed by atoms with Crippen molar-refractivity contribution in [3.05, 3.63) is 35.9 Å². The van der Waals surface area contributed by atoms with Gasteiger partial charge in [-0.2, -0.15) is 17.4 Å². The van der Waals surface area contributed by atoms with Crippen LogP contribution in [0, 0.1) is 17.8 Å². The molecule has 0 unspecified atom stereocenters. The Morgan fingerprint density at radius 1 is 1.15 bits per heavy atom. The van der Waals surface area contributed by atoms with Gasteiger partial charge in [0.15, 0.2) is 0 Å². The minimum absolute atomic E-state index is 0.0216. The molecule has 7 heteroatoms. The van der Waals surface area contributed by atoms with Crippen molar-refractivity contribution >= 4 is 10.2 Å². The molecule has 1 aliphatic heterocycles. The summed E-state index contributed by atoms with van der Waals surface area (Å²) in [6.07, 6.45) is 4.27. The number of fused-ring (bicyclic) bond motifs is 1. The Balaban J connectivity index is 1.41. The average Bonchev–Trinajstić information content (AvgIpc) is 3.37. The summed E-state index contributed by atoms with van der Waals surface area (Å²) in [6, 6.07) is 9.55. The highest BCUT2D eigenvalue weighted by atomic mass is 32.2. The van der Waals surface area contributed by atoms with Crippen LogP contribution in [0.25, 0.3) is 0 Å². The summed E-state index contributed by atoms with van der Waals surface area (Å²) in [5, 5.41) is 3.46. The standard InChI is InChI=1S/C20H31N3O3S/c1-23(13-15-5-3-2-4-6-15)27(24,25)22-19-9-17-11-21-12-18(17)10-20(19)26-14-16-7-8-16/h2-6,16-22H,7-14H2,1H3/t17-,18+,19-,20-/m0/s1. The molecule has 1 aromatic rings. The third-order valence-electron chi connectivity index (χ3n) is 6.22. The van der Waals surface area contributed by atoms with Crippen LogP contribution in [0.15, 0.2) is 30.3 Å². The first-order valence-electron chi connectivity index (χ1n) is 10.1. The molecule has 27 heavy (non-hydrogen) atoms. The highest BCUT2D eigenvalue weighted by Gasteiger charge is 2.42. The van der Waals surface area contributed by atoms with Gasteiger partial charge in [-0.05, 0) is 62.1 Å². The third kappa shape index (κ3) is 4.90. The summed E-state index contributed by atoms with van der Waals surface area (Å²) in [4.78, 5) is 0. The maximum absolute atomic E-state index is 12.9. The van der Waals surface area contributed by atoms with Crippen molar-refractivity contribution < 1.29 is 13.2 Å². The number of rotatable bonds is 8. The van der Waals surface area contributed by atoms with E-state index >= 15 is 0 Å². The van der Waals surface area contributed by atoms with Crippen molar-refractivity contribution in [2.45, 2.75) is 44.4 Å². The van der Waals surface area contributed by atoms with Gasteiger partial charge in [0.25, 0.3) is 10.2 Å². The summed E-state index contributed by atoms with van der Waals surface area (Å²) in [6.45, 7) is 3.15. The van der Waals surface area contributed by atoms with E-state index in [-0.39, 0.29) is 12.1 Å². The first-order chi connectivity index (χ1) is 13.0. The molecule has 150 valence electrons.